The monoisotopic (exact) mass is 163 g/mol. The van der Waals surface area contributed by atoms with Crippen molar-refractivity contribution in [2.24, 2.45) is 0 Å². The van der Waals surface area contributed by atoms with Crippen molar-refractivity contribution >= 4 is 0 Å². The fourth-order valence-corrected chi connectivity index (χ4v) is 0.815. The quantitative estimate of drug-likeness (QED) is 0.641. The van der Waals surface area contributed by atoms with Crippen molar-refractivity contribution in [2.75, 3.05) is 0 Å². The van der Waals surface area contributed by atoms with Crippen LogP contribution >= 0.6 is 0 Å². The van der Waals surface area contributed by atoms with Crippen LogP contribution < -0.4 is 5.32 Å². The van der Waals surface area contributed by atoms with Crippen LogP contribution in [0.2, 0.25) is 0 Å². The number of hydrogen-bond acceptors (Lipinski definition) is 3. The summed E-state index contributed by atoms with van der Waals surface area (Å²) in [6.07, 6.45) is 3.48. The van der Waals surface area contributed by atoms with Gasteiger partial charge in [0.2, 0.25) is 0 Å². The normalized spacial score (nSPS) is 8.42. The Kier molecular flexibility index (Phi) is 5.47. The maximum Gasteiger partial charge on any atom is 0.145 e. The third-order valence-electron chi connectivity index (χ3n) is 1.69. The van der Waals surface area contributed by atoms with E-state index in [0.717, 1.165) is 12.8 Å². The molecule has 0 rings (SSSR count). The lowest BCUT2D eigenvalue weighted by molar-refractivity contribution is 0.551. The molecule has 64 valence electrons. The first-order valence-electron chi connectivity index (χ1n) is 4.04. The lowest BCUT2D eigenvalue weighted by atomic mass is 10.2. The molecule has 0 aliphatic carbocycles. The van der Waals surface area contributed by atoms with Crippen LogP contribution in [-0.2, 0) is 0 Å². The standard InChI is InChI=1S/C9H13N3/c1-3-9(4-2)12-7-8(5-10)6-11/h7,9,12H,3-4H2,1-2H3. The van der Waals surface area contributed by atoms with Gasteiger partial charge >= 0.3 is 0 Å². The van der Waals surface area contributed by atoms with Gasteiger partial charge in [0.15, 0.2) is 0 Å². The molecule has 3 heteroatoms. The molecule has 0 aliphatic heterocycles. The molecule has 0 aromatic heterocycles. The first-order chi connectivity index (χ1) is 5.78. The number of rotatable bonds is 4. The SMILES string of the molecule is CCC(CC)NC=C(C#N)C#N. The van der Waals surface area contributed by atoms with E-state index in [1.54, 1.807) is 12.1 Å². The molecule has 3 nitrogen and oxygen atoms in total. The van der Waals surface area contributed by atoms with E-state index < -0.39 is 0 Å². The van der Waals surface area contributed by atoms with Gasteiger partial charge in [-0.05, 0) is 12.8 Å². The molecule has 0 unspecified atom stereocenters. The minimum atomic E-state index is 0.127. The molecule has 0 radical (unpaired) electrons. The molecular formula is C9H13N3. The van der Waals surface area contributed by atoms with Crippen molar-refractivity contribution in [3.63, 3.8) is 0 Å². The van der Waals surface area contributed by atoms with Crippen LogP contribution in [0, 0.1) is 22.7 Å². The van der Waals surface area contributed by atoms with Gasteiger partial charge in [-0.15, -0.1) is 0 Å². The Morgan fingerprint density at radius 1 is 1.33 bits per heavy atom. The molecule has 0 bridgehead atoms. The van der Waals surface area contributed by atoms with Crippen LogP contribution in [0.5, 0.6) is 0 Å². The van der Waals surface area contributed by atoms with Crippen molar-refractivity contribution in [1.29, 1.82) is 10.5 Å². The zero-order chi connectivity index (χ0) is 9.40. The fraction of sp³-hybridized carbons (Fsp3) is 0.556. The highest BCUT2D eigenvalue weighted by molar-refractivity contribution is 5.34. The van der Waals surface area contributed by atoms with Gasteiger partial charge in [-0.1, -0.05) is 13.8 Å². The summed E-state index contributed by atoms with van der Waals surface area (Å²) in [4.78, 5) is 0. The minimum Gasteiger partial charge on any atom is -0.387 e. The van der Waals surface area contributed by atoms with E-state index in [1.807, 2.05) is 0 Å². The topological polar surface area (TPSA) is 59.6 Å². The maximum atomic E-state index is 8.40. The van der Waals surface area contributed by atoms with E-state index in [1.165, 1.54) is 6.20 Å². The first kappa shape index (κ1) is 10.5. The molecule has 0 aliphatic rings. The van der Waals surface area contributed by atoms with Gasteiger partial charge < -0.3 is 5.32 Å². The molecule has 0 fully saturated rings. The number of nitriles is 2. The second-order valence-corrected chi connectivity index (χ2v) is 2.46. The van der Waals surface area contributed by atoms with Crippen LogP contribution in [0.15, 0.2) is 11.8 Å². The average molecular weight is 163 g/mol. The zero-order valence-electron chi connectivity index (χ0n) is 7.46. The molecule has 0 saturated heterocycles. The Morgan fingerprint density at radius 3 is 2.17 bits per heavy atom. The Morgan fingerprint density at radius 2 is 1.83 bits per heavy atom. The van der Waals surface area contributed by atoms with E-state index in [-0.39, 0.29) is 5.57 Å². The van der Waals surface area contributed by atoms with Gasteiger partial charge in [-0.2, -0.15) is 10.5 Å². The van der Waals surface area contributed by atoms with E-state index in [4.69, 9.17) is 10.5 Å². The summed E-state index contributed by atoms with van der Waals surface area (Å²) in [6.45, 7) is 4.13. The van der Waals surface area contributed by atoms with Crippen LogP contribution in [0.3, 0.4) is 0 Å². The summed E-state index contributed by atoms with van der Waals surface area (Å²) in [5.74, 6) is 0. The maximum absolute atomic E-state index is 8.40. The van der Waals surface area contributed by atoms with E-state index in [0.29, 0.717) is 6.04 Å². The summed E-state index contributed by atoms with van der Waals surface area (Å²) in [5, 5.41) is 19.8. The van der Waals surface area contributed by atoms with Gasteiger partial charge in [-0.25, -0.2) is 0 Å². The summed E-state index contributed by atoms with van der Waals surface area (Å²) in [5.41, 5.74) is 0.127. The molecular weight excluding hydrogens is 150 g/mol. The molecule has 0 aromatic carbocycles. The van der Waals surface area contributed by atoms with Gasteiger partial charge in [-0.3, -0.25) is 0 Å². The van der Waals surface area contributed by atoms with Crippen molar-refractivity contribution in [2.45, 2.75) is 32.7 Å². The number of hydrogen-bond donors (Lipinski definition) is 1. The predicted octanol–water partition coefficient (Wildman–Crippen LogP) is 1.70. The molecule has 0 saturated carbocycles. The summed E-state index contributed by atoms with van der Waals surface area (Å²) in [7, 11) is 0. The molecule has 12 heavy (non-hydrogen) atoms. The van der Waals surface area contributed by atoms with Crippen LogP contribution in [-0.4, -0.2) is 6.04 Å². The Balaban J connectivity index is 4.03. The lowest BCUT2D eigenvalue weighted by Crippen LogP contribution is -2.22. The molecule has 0 amide bonds. The van der Waals surface area contributed by atoms with Gasteiger partial charge in [0.1, 0.15) is 17.7 Å². The van der Waals surface area contributed by atoms with Crippen molar-refractivity contribution in [3.8, 4) is 12.1 Å². The lowest BCUT2D eigenvalue weighted by Gasteiger charge is -2.11. The summed E-state index contributed by atoms with van der Waals surface area (Å²) >= 11 is 0. The predicted molar refractivity (Wildman–Crippen MR) is 46.8 cm³/mol. The summed E-state index contributed by atoms with van der Waals surface area (Å²) < 4.78 is 0. The third kappa shape index (κ3) is 3.63. The van der Waals surface area contributed by atoms with E-state index in [2.05, 4.69) is 19.2 Å². The number of nitrogens with one attached hydrogen (secondary N) is 1. The second kappa shape index (κ2) is 6.24. The van der Waals surface area contributed by atoms with Crippen molar-refractivity contribution in [3.05, 3.63) is 11.8 Å². The van der Waals surface area contributed by atoms with Crippen molar-refractivity contribution in [1.82, 2.24) is 5.32 Å². The molecule has 0 aromatic rings. The molecule has 0 heterocycles. The largest absolute Gasteiger partial charge is 0.387 e. The van der Waals surface area contributed by atoms with E-state index in [9.17, 15) is 0 Å². The Labute approximate surface area is 73.3 Å². The van der Waals surface area contributed by atoms with Gasteiger partial charge in [0.05, 0.1) is 0 Å². The van der Waals surface area contributed by atoms with Crippen LogP contribution in [0.1, 0.15) is 26.7 Å². The minimum absolute atomic E-state index is 0.127. The summed E-state index contributed by atoms with van der Waals surface area (Å²) in [6, 6.07) is 3.95. The molecule has 1 N–H and O–H groups in total. The fourth-order valence-electron chi connectivity index (χ4n) is 0.815. The molecule has 0 spiro atoms. The highest BCUT2D eigenvalue weighted by Crippen LogP contribution is 1.96. The number of nitrogens with zero attached hydrogens (tertiary/aromatic N) is 2. The Bertz CT molecular complexity index is 209. The van der Waals surface area contributed by atoms with Crippen molar-refractivity contribution < 1.29 is 0 Å². The number of allylic oxidation sites excluding steroid dienone is 1. The highest BCUT2D eigenvalue weighted by Gasteiger charge is 1.99. The first-order valence-corrected chi connectivity index (χ1v) is 4.04. The van der Waals surface area contributed by atoms with E-state index >= 15 is 0 Å². The second-order valence-electron chi connectivity index (χ2n) is 2.46. The Hall–Kier alpha value is -1.48. The van der Waals surface area contributed by atoms with Gasteiger partial charge in [0.25, 0.3) is 0 Å². The molecule has 0 atom stereocenters. The average Bonchev–Trinajstić information content (AvgIpc) is 2.13. The van der Waals surface area contributed by atoms with Gasteiger partial charge in [0, 0.05) is 12.2 Å². The zero-order valence-corrected chi connectivity index (χ0v) is 7.46. The smallest absolute Gasteiger partial charge is 0.145 e. The van der Waals surface area contributed by atoms with Crippen LogP contribution in [0.4, 0.5) is 0 Å². The van der Waals surface area contributed by atoms with Crippen LogP contribution in [0.25, 0.3) is 0 Å². The third-order valence-corrected chi connectivity index (χ3v) is 1.69. The highest BCUT2D eigenvalue weighted by atomic mass is 14.9.